The first-order valence-corrected chi connectivity index (χ1v) is 8.24. The smallest absolute Gasteiger partial charge is 0.251 e. The fourth-order valence-corrected chi connectivity index (χ4v) is 2.47. The van der Waals surface area contributed by atoms with Gasteiger partial charge in [0.15, 0.2) is 0 Å². The molecule has 1 aromatic heterocycles. The van der Waals surface area contributed by atoms with E-state index in [1.807, 2.05) is 6.92 Å². The Morgan fingerprint density at radius 1 is 1.15 bits per heavy atom. The number of rotatable bonds is 6. The van der Waals surface area contributed by atoms with Crippen molar-refractivity contribution in [1.82, 2.24) is 20.1 Å². The lowest BCUT2D eigenvalue weighted by atomic mass is 10.1. The van der Waals surface area contributed by atoms with Crippen molar-refractivity contribution in [3.8, 4) is 11.4 Å². The van der Waals surface area contributed by atoms with Gasteiger partial charge < -0.3 is 15.4 Å². The molecule has 0 saturated carbocycles. The third-order valence-corrected chi connectivity index (χ3v) is 3.91. The molecule has 8 nitrogen and oxygen atoms in total. The molecule has 3 aromatic rings. The minimum Gasteiger partial charge on any atom is -0.496 e. The number of hydrogen-bond acceptors (Lipinski definition) is 5. The Labute approximate surface area is 156 Å². The fourth-order valence-electron chi connectivity index (χ4n) is 2.47. The summed E-state index contributed by atoms with van der Waals surface area (Å²) in [5, 5.41) is 9.36. The van der Waals surface area contributed by atoms with E-state index in [-0.39, 0.29) is 18.4 Å². The zero-order valence-corrected chi connectivity index (χ0v) is 15.0. The second kappa shape index (κ2) is 8.13. The highest BCUT2D eigenvalue weighted by Gasteiger charge is 2.10. The van der Waals surface area contributed by atoms with Crippen molar-refractivity contribution in [3.63, 3.8) is 0 Å². The predicted octanol–water partition coefficient (Wildman–Crippen LogP) is 1.95. The maximum absolute atomic E-state index is 12.2. The second-order valence-corrected chi connectivity index (χ2v) is 5.80. The van der Waals surface area contributed by atoms with Gasteiger partial charge in [-0.2, -0.15) is 5.10 Å². The Bertz CT molecular complexity index is 936. The molecule has 0 fully saturated rings. The summed E-state index contributed by atoms with van der Waals surface area (Å²) in [6, 6.07) is 12.2. The molecule has 2 aromatic carbocycles. The minimum absolute atomic E-state index is 0.139. The fraction of sp³-hybridized carbons (Fsp3) is 0.158. The van der Waals surface area contributed by atoms with Crippen molar-refractivity contribution in [2.45, 2.75) is 6.92 Å². The van der Waals surface area contributed by atoms with Gasteiger partial charge in [0, 0.05) is 11.3 Å². The Morgan fingerprint density at radius 3 is 2.59 bits per heavy atom. The summed E-state index contributed by atoms with van der Waals surface area (Å²) in [4.78, 5) is 28.1. The van der Waals surface area contributed by atoms with Gasteiger partial charge in [-0.1, -0.05) is 6.07 Å². The maximum atomic E-state index is 12.2. The third-order valence-electron chi connectivity index (χ3n) is 3.91. The van der Waals surface area contributed by atoms with Crippen LogP contribution in [0, 0.1) is 6.92 Å². The summed E-state index contributed by atoms with van der Waals surface area (Å²) < 4.78 is 6.82. The van der Waals surface area contributed by atoms with E-state index >= 15 is 0 Å². The van der Waals surface area contributed by atoms with Crippen LogP contribution in [0.1, 0.15) is 15.9 Å². The van der Waals surface area contributed by atoms with E-state index in [9.17, 15) is 9.59 Å². The number of nitrogens with one attached hydrogen (secondary N) is 2. The number of hydrogen-bond donors (Lipinski definition) is 2. The van der Waals surface area contributed by atoms with E-state index in [4.69, 9.17) is 4.74 Å². The van der Waals surface area contributed by atoms with E-state index < -0.39 is 0 Å². The van der Waals surface area contributed by atoms with Gasteiger partial charge in [0.05, 0.1) is 19.3 Å². The van der Waals surface area contributed by atoms with E-state index in [2.05, 4.69) is 20.7 Å². The molecule has 2 N–H and O–H groups in total. The van der Waals surface area contributed by atoms with Gasteiger partial charge in [-0.25, -0.2) is 9.67 Å². The van der Waals surface area contributed by atoms with Crippen LogP contribution < -0.4 is 15.4 Å². The summed E-state index contributed by atoms with van der Waals surface area (Å²) >= 11 is 0. The SMILES string of the molecule is COc1cc(C(=O)NCC(=O)Nc2ccc(-n3cncn3)cc2)ccc1C. The summed E-state index contributed by atoms with van der Waals surface area (Å²) in [6.07, 6.45) is 3.03. The first-order valence-electron chi connectivity index (χ1n) is 8.24. The van der Waals surface area contributed by atoms with Crippen LogP contribution in [0.3, 0.4) is 0 Å². The molecule has 2 amide bonds. The molecule has 0 bridgehead atoms. The van der Waals surface area contributed by atoms with Gasteiger partial charge in [0.1, 0.15) is 18.4 Å². The van der Waals surface area contributed by atoms with Crippen LogP contribution in [0.4, 0.5) is 5.69 Å². The monoisotopic (exact) mass is 365 g/mol. The lowest BCUT2D eigenvalue weighted by molar-refractivity contribution is -0.115. The first kappa shape index (κ1) is 18.1. The molecule has 1 heterocycles. The van der Waals surface area contributed by atoms with Crippen LogP contribution in [-0.2, 0) is 4.79 Å². The number of carbonyl (C=O) groups is 2. The average Bonchev–Trinajstić information content (AvgIpc) is 3.22. The first-order chi connectivity index (χ1) is 13.1. The van der Waals surface area contributed by atoms with Gasteiger partial charge in [0.25, 0.3) is 5.91 Å². The molecule has 0 atom stereocenters. The van der Waals surface area contributed by atoms with Crippen LogP contribution in [0.15, 0.2) is 55.1 Å². The molecule has 27 heavy (non-hydrogen) atoms. The Hall–Kier alpha value is -3.68. The Kier molecular flexibility index (Phi) is 5.46. The number of amides is 2. The normalized spacial score (nSPS) is 10.3. The van der Waals surface area contributed by atoms with Crippen molar-refractivity contribution in [2.75, 3.05) is 19.0 Å². The van der Waals surface area contributed by atoms with Gasteiger partial charge >= 0.3 is 0 Å². The molecule has 0 radical (unpaired) electrons. The highest BCUT2D eigenvalue weighted by atomic mass is 16.5. The molecular weight excluding hydrogens is 346 g/mol. The maximum Gasteiger partial charge on any atom is 0.251 e. The summed E-state index contributed by atoms with van der Waals surface area (Å²) in [5.74, 6) is -0.0412. The van der Waals surface area contributed by atoms with Gasteiger partial charge in [-0.3, -0.25) is 9.59 Å². The number of ether oxygens (including phenoxy) is 1. The molecule has 0 aliphatic heterocycles. The number of nitrogens with zero attached hydrogens (tertiary/aromatic N) is 3. The lowest BCUT2D eigenvalue weighted by Gasteiger charge is -2.09. The predicted molar refractivity (Wildman–Crippen MR) is 100 cm³/mol. The van der Waals surface area contributed by atoms with Crippen LogP contribution in [0.2, 0.25) is 0 Å². The Morgan fingerprint density at radius 2 is 1.93 bits per heavy atom. The molecule has 138 valence electrons. The lowest BCUT2D eigenvalue weighted by Crippen LogP contribution is -2.32. The van der Waals surface area contributed by atoms with Crippen LogP contribution in [-0.4, -0.2) is 40.2 Å². The van der Waals surface area contributed by atoms with Crippen LogP contribution in [0.5, 0.6) is 5.75 Å². The van der Waals surface area contributed by atoms with Crippen LogP contribution in [0.25, 0.3) is 5.69 Å². The van der Waals surface area contributed by atoms with Crippen molar-refractivity contribution in [1.29, 1.82) is 0 Å². The number of benzene rings is 2. The zero-order valence-electron chi connectivity index (χ0n) is 15.0. The van der Waals surface area contributed by atoms with E-state index in [1.165, 1.54) is 6.33 Å². The number of anilines is 1. The largest absolute Gasteiger partial charge is 0.496 e. The van der Waals surface area contributed by atoms with Gasteiger partial charge in [-0.15, -0.1) is 0 Å². The number of carbonyl (C=O) groups excluding carboxylic acids is 2. The number of aryl methyl sites for hydroxylation is 1. The quantitative estimate of drug-likeness (QED) is 0.696. The topological polar surface area (TPSA) is 98.1 Å². The van der Waals surface area contributed by atoms with Gasteiger partial charge in [-0.05, 0) is 48.9 Å². The number of methoxy groups -OCH3 is 1. The van der Waals surface area contributed by atoms with E-state index in [1.54, 1.807) is 60.6 Å². The molecule has 8 heteroatoms. The summed E-state index contributed by atoms with van der Waals surface area (Å²) in [5.41, 5.74) is 2.81. The molecule has 0 unspecified atom stereocenters. The van der Waals surface area contributed by atoms with Crippen molar-refractivity contribution < 1.29 is 14.3 Å². The van der Waals surface area contributed by atoms with E-state index in [0.717, 1.165) is 11.3 Å². The van der Waals surface area contributed by atoms with E-state index in [0.29, 0.717) is 17.0 Å². The molecule has 0 spiro atoms. The third kappa shape index (κ3) is 4.49. The highest BCUT2D eigenvalue weighted by molar-refractivity contribution is 5.99. The number of aromatic nitrogens is 3. The summed E-state index contributed by atoms with van der Waals surface area (Å²) in [7, 11) is 1.55. The zero-order chi connectivity index (χ0) is 19.2. The molecule has 0 saturated heterocycles. The van der Waals surface area contributed by atoms with Crippen molar-refractivity contribution in [2.24, 2.45) is 0 Å². The van der Waals surface area contributed by atoms with Gasteiger partial charge in [0.2, 0.25) is 5.91 Å². The second-order valence-electron chi connectivity index (χ2n) is 5.80. The highest BCUT2D eigenvalue weighted by Crippen LogP contribution is 2.18. The van der Waals surface area contributed by atoms with Crippen LogP contribution >= 0.6 is 0 Å². The average molecular weight is 365 g/mol. The molecule has 0 aliphatic rings. The van der Waals surface area contributed by atoms with Crippen molar-refractivity contribution in [3.05, 3.63) is 66.2 Å². The molecule has 0 aliphatic carbocycles. The standard InChI is InChI=1S/C19H19N5O3/c1-13-3-4-14(9-17(13)27-2)19(26)21-10-18(25)23-15-5-7-16(8-6-15)24-12-20-11-22-24/h3-9,11-12H,10H2,1-2H3,(H,21,26)(H,23,25). The minimum atomic E-state index is -0.343. The van der Waals surface area contributed by atoms with Crippen molar-refractivity contribution >= 4 is 17.5 Å². The molecular formula is C19H19N5O3. The summed E-state index contributed by atoms with van der Waals surface area (Å²) in [6.45, 7) is 1.75. The Balaban J connectivity index is 1.54. The molecule has 3 rings (SSSR count).